The molecule has 0 radical (unpaired) electrons. The summed E-state index contributed by atoms with van der Waals surface area (Å²) in [7, 11) is 3.33. The molecule has 122 valence electrons. The van der Waals surface area contributed by atoms with Crippen molar-refractivity contribution in [2.75, 3.05) is 19.5 Å². The van der Waals surface area contributed by atoms with E-state index >= 15 is 0 Å². The number of benzene rings is 2. The zero-order valence-corrected chi connectivity index (χ0v) is 13.7. The van der Waals surface area contributed by atoms with Crippen LogP contribution in [0.4, 0.5) is 5.69 Å². The minimum atomic E-state index is -0.377. The van der Waals surface area contributed by atoms with Gasteiger partial charge in [0, 0.05) is 13.0 Å². The highest BCUT2D eigenvalue weighted by Gasteiger charge is 2.26. The van der Waals surface area contributed by atoms with Crippen molar-refractivity contribution in [3.63, 3.8) is 0 Å². The molecule has 3 rings (SSSR count). The third-order valence-corrected chi connectivity index (χ3v) is 4.03. The normalized spacial score (nSPS) is 10.6. The number of hydrogen-bond acceptors (Lipinski definition) is 4. The van der Waals surface area contributed by atoms with Crippen molar-refractivity contribution in [2.45, 2.75) is 5.92 Å². The summed E-state index contributed by atoms with van der Waals surface area (Å²) < 4.78 is 10.6. The summed E-state index contributed by atoms with van der Waals surface area (Å²) >= 11 is 0. The molecule has 0 spiro atoms. The lowest BCUT2D eigenvalue weighted by molar-refractivity contribution is 0.384. The molecule has 2 aromatic carbocycles. The summed E-state index contributed by atoms with van der Waals surface area (Å²) in [5.74, 6) is 0.255. The van der Waals surface area contributed by atoms with Crippen molar-refractivity contribution < 1.29 is 9.15 Å². The Balaban J connectivity index is 2.30. The number of nitrogens with one attached hydrogen (secondary N) is 1. The van der Waals surface area contributed by atoms with Gasteiger partial charge in [-0.05, 0) is 11.1 Å². The van der Waals surface area contributed by atoms with Gasteiger partial charge in [0.05, 0.1) is 18.4 Å². The molecule has 0 aliphatic carbocycles. The fourth-order valence-corrected chi connectivity index (χ4v) is 2.95. The maximum absolute atomic E-state index is 12.6. The van der Waals surface area contributed by atoms with Gasteiger partial charge in [-0.15, -0.1) is 0 Å². The Morgan fingerprint density at radius 1 is 0.958 bits per heavy atom. The number of anilines is 1. The quantitative estimate of drug-likeness (QED) is 0.775. The fourth-order valence-electron chi connectivity index (χ4n) is 2.95. The predicted molar refractivity (Wildman–Crippen MR) is 94.9 cm³/mol. The van der Waals surface area contributed by atoms with E-state index in [4.69, 9.17) is 9.15 Å². The molecule has 0 aliphatic rings. The molecule has 1 aromatic heterocycles. The zero-order chi connectivity index (χ0) is 16.9. The smallest absolute Gasteiger partial charge is 0.342 e. The van der Waals surface area contributed by atoms with Crippen LogP contribution in [0.3, 0.4) is 0 Å². The van der Waals surface area contributed by atoms with Crippen LogP contribution in [0.15, 0.2) is 76.1 Å². The Morgan fingerprint density at radius 3 is 1.96 bits per heavy atom. The minimum absolute atomic E-state index is 0.249. The molecule has 3 aromatic rings. The summed E-state index contributed by atoms with van der Waals surface area (Å²) in [4.78, 5) is 12.6. The van der Waals surface area contributed by atoms with Crippen LogP contribution >= 0.6 is 0 Å². The van der Waals surface area contributed by atoms with Gasteiger partial charge >= 0.3 is 5.63 Å². The maximum atomic E-state index is 12.6. The van der Waals surface area contributed by atoms with Crippen LogP contribution in [0.1, 0.15) is 22.6 Å². The monoisotopic (exact) mass is 321 g/mol. The summed E-state index contributed by atoms with van der Waals surface area (Å²) in [6, 6.07) is 19.8. The molecule has 0 aliphatic heterocycles. The van der Waals surface area contributed by atoms with E-state index in [1.807, 2.05) is 60.7 Å². The Bertz CT molecular complexity index is 818. The number of ether oxygens (including phenoxy) is 1. The van der Waals surface area contributed by atoms with Crippen LogP contribution in [-0.2, 0) is 0 Å². The van der Waals surface area contributed by atoms with Crippen LogP contribution in [0, 0.1) is 0 Å². The first kappa shape index (κ1) is 15.9. The third-order valence-electron chi connectivity index (χ3n) is 4.03. The van der Waals surface area contributed by atoms with Gasteiger partial charge in [0.2, 0.25) is 0 Å². The number of rotatable bonds is 5. The molecule has 0 fully saturated rings. The van der Waals surface area contributed by atoms with Crippen molar-refractivity contribution in [3.05, 3.63) is 94.0 Å². The van der Waals surface area contributed by atoms with E-state index in [0.717, 1.165) is 11.1 Å². The topological polar surface area (TPSA) is 51.5 Å². The van der Waals surface area contributed by atoms with Crippen LogP contribution < -0.4 is 15.7 Å². The maximum Gasteiger partial charge on any atom is 0.342 e. The second-order valence-corrected chi connectivity index (χ2v) is 5.38. The summed E-state index contributed by atoms with van der Waals surface area (Å²) in [6.45, 7) is 0. The van der Waals surface area contributed by atoms with Crippen molar-refractivity contribution in [1.82, 2.24) is 0 Å². The molecule has 0 saturated carbocycles. The molecule has 4 nitrogen and oxygen atoms in total. The summed E-state index contributed by atoms with van der Waals surface area (Å²) in [5.41, 5.74) is 2.83. The lowest BCUT2D eigenvalue weighted by Crippen LogP contribution is -2.18. The lowest BCUT2D eigenvalue weighted by Gasteiger charge is -2.21. The Labute approximate surface area is 140 Å². The van der Waals surface area contributed by atoms with Crippen LogP contribution in [0.25, 0.3) is 0 Å². The van der Waals surface area contributed by atoms with Gasteiger partial charge in [0.1, 0.15) is 6.26 Å². The van der Waals surface area contributed by atoms with Gasteiger partial charge in [-0.25, -0.2) is 4.79 Å². The average molecular weight is 321 g/mol. The zero-order valence-electron chi connectivity index (χ0n) is 13.7. The molecule has 1 N–H and O–H groups in total. The molecule has 0 unspecified atom stereocenters. The standard InChI is InChI=1S/C20H19NO3/c1-21-19-16(23-2)13-24-20(22)18(19)17(14-9-5-3-6-10-14)15-11-7-4-8-12-15/h3-13,17,21H,1-2H3. The van der Waals surface area contributed by atoms with Crippen LogP contribution in [0.5, 0.6) is 5.75 Å². The van der Waals surface area contributed by atoms with Crippen LogP contribution in [0.2, 0.25) is 0 Å². The first-order chi connectivity index (χ1) is 11.8. The minimum Gasteiger partial charge on any atom is -0.491 e. The van der Waals surface area contributed by atoms with Gasteiger partial charge < -0.3 is 14.5 Å². The van der Waals surface area contributed by atoms with Crippen molar-refractivity contribution in [2.24, 2.45) is 0 Å². The van der Waals surface area contributed by atoms with E-state index in [1.54, 1.807) is 14.2 Å². The SMILES string of the molecule is CNc1c(OC)coc(=O)c1C(c1ccccc1)c1ccccc1. The molecule has 0 atom stereocenters. The van der Waals surface area contributed by atoms with Gasteiger partial charge in [0.25, 0.3) is 0 Å². The predicted octanol–water partition coefficient (Wildman–Crippen LogP) is 3.87. The van der Waals surface area contributed by atoms with Crippen molar-refractivity contribution >= 4 is 5.69 Å². The van der Waals surface area contributed by atoms with E-state index in [-0.39, 0.29) is 11.5 Å². The largest absolute Gasteiger partial charge is 0.491 e. The highest BCUT2D eigenvalue weighted by atomic mass is 16.5. The van der Waals surface area contributed by atoms with E-state index in [1.165, 1.54) is 6.26 Å². The van der Waals surface area contributed by atoms with E-state index < -0.39 is 0 Å². The Morgan fingerprint density at radius 2 is 1.50 bits per heavy atom. The van der Waals surface area contributed by atoms with Crippen molar-refractivity contribution in [3.8, 4) is 5.75 Å². The first-order valence-corrected chi connectivity index (χ1v) is 7.73. The summed E-state index contributed by atoms with van der Waals surface area (Å²) in [5, 5.41) is 3.09. The molecular formula is C20H19NO3. The first-order valence-electron chi connectivity index (χ1n) is 7.73. The average Bonchev–Trinajstić information content (AvgIpc) is 2.65. The lowest BCUT2D eigenvalue weighted by atomic mass is 9.85. The molecule has 0 bridgehead atoms. The fraction of sp³-hybridized carbons (Fsp3) is 0.150. The second-order valence-electron chi connectivity index (χ2n) is 5.38. The Hall–Kier alpha value is -3.01. The van der Waals surface area contributed by atoms with Gasteiger partial charge in [-0.2, -0.15) is 0 Å². The molecular weight excluding hydrogens is 302 g/mol. The van der Waals surface area contributed by atoms with E-state index in [9.17, 15) is 4.79 Å². The van der Waals surface area contributed by atoms with E-state index in [0.29, 0.717) is 17.0 Å². The van der Waals surface area contributed by atoms with Gasteiger partial charge in [0.15, 0.2) is 5.75 Å². The summed E-state index contributed by atoms with van der Waals surface area (Å²) in [6.07, 6.45) is 1.34. The Kier molecular flexibility index (Phi) is 4.66. The molecule has 4 heteroatoms. The van der Waals surface area contributed by atoms with Gasteiger partial charge in [-0.3, -0.25) is 0 Å². The highest BCUT2D eigenvalue weighted by molar-refractivity contribution is 5.64. The van der Waals surface area contributed by atoms with Gasteiger partial charge in [-0.1, -0.05) is 60.7 Å². The molecule has 24 heavy (non-hydrogen) atoms. The van der Waals surface area contributed by atoms with Crippen molar-refractivity contribution in [1.29, 1.82) is 0 Å². The van der Waals surface area contributed by atoms with E-state index in [2.05, 4.69) is 5.32 Å². The highest BCUT2D eigenvalue weighted by Crippen LogP contribution is 2.37. The molecule has 0 saturated heterocycles. The number of hydrogen-bond donors (Lipinski definition) is 1. The third kappa shape index (κ3) is 2.91. The molecule has 0 amide bonds. The number of methoxy groups -OCH3 is 1. The molecule has 1 heterocycles. The van der Waals surface area contributed by atoms with Crippen LogP contribution in [-0.4, -0.2) is 14.2 Å². The second kappa shape index (κ2) is 7.04.